The summed E-state index contributed by atoms with van der Waals surface area (Å²) in [6.45, 7) is 8.76. The molecule has 0 unspecified atom stereocenters. The van der Waals surface area contributed by atoms with Gasteiger partial charge >= 0.3 is 0 Å². The first-order chi connectivity index (χ1) is 9.74. The van der Waals surface area contributed by atoms with Gasteiger partial charge in [0, 0.05) is 29.5 Å². The van der Waals surface area contributed by atoms with Gasteiger partial charge in [-0.25, -0.2) is 0 Å². The molecule has 0 aliphatic heterocycles. The lowest BCUT2D eigenvalue weighted by Gasteiger charge is -2.18. The number of hydrogen-bond donors (Lipinski definition) is 2. The number of nitrogen functional groups attached to an aromatic ring is 1. The van der Waals surface area contributed by atoms with Crippen molar-refractivity contribution in [3.63, 3.8) is 0 Å². The predicted molar refractivity (Wildman–Crippen MR) is 87.1 cm³/mol. The highest BCUT2D eigenvalue weighted by Gasteiger charge is 2.02. The molecule has 4 nitrogen and oxygen atoms in total. The van der Waals surface area contributed by atoms with Crippen LogP contribution < -0.4 is 11.1 Å². The van der Waals surface area contributed by atoms with E-state index in [9.17, 15) is 0 Å². The van der Waals surface area contributed by atoms with Crippen molar-refractivity contribution in [2.75, 3.05) is 37.2 Å². The zero-order valence-corrected chi connectivity index (χ0v) is 12.4. The third kappa shape index (κ3) is 3.61. The van der Waals surface area contributed by atoms with Crippen LogP contribution in [0.2, 0.25) is 0 Å². The Kier molecular flexibility index (Phi) is 5.18. The van der Waals surface area contributed by atoms with Crippen molar-refractivity contribution in [3.05, 3.63) is 30.5 Å². The van der Waals surface area contributed by atoms with Crippen LogP contribution in [0, 0.1) is 0 Å². The highest BCUT2D eigenvalue weighted by molar-refractivity contribution is 5.92. The number of pyridine rings is 1. The Labute approximate surface area is 121 Å². The lowest BCUT2D eigenvalue weighted by atomic mass is 10.1. The number of benzene rings is 1. The summed E-state index contributed by atoms with van der Waals surface area (Å²) in [4.78, 5) is 6.79. The third-order valence-corrected chi connectivity index (χ3v) is 3.63. The number of anilines is 2. The van der Waals surface area contributed by atoms with Crippen LogP contribution in [0.15, 0.2) is 30.5 Å². The van der Waals surface area contributed by atoms with Crippen LogP contribution in [0.1, 0.15) is 20.3 Å². The van der Waals surface area contributed by atoms with E-state index in [4.69, 9.17) is 5.73 Å². The molecule has 0 saturated carbocycles. The third-order valence-electron chi connectivity index (χ3n) is 3.63. The Hall–Kier alpha value is -1.81. The molecule has 0 aliphatic carbocycles. The lowest BCUT2D eigenvalue weighted by Crippen LogP contribution is -2.25. The van der Waals surface area contributed by atoms with Gasteiger partial charge in [0.25, 0.3) is 0 Å². The summed E-state index contributed by atoms with van der Waals surface area (Å²) in [7, 11) is 0. The molecule has 0 amide bonds. The van der Waals surface area contributed by atoms with Gasteiger partial charge in [0.2, 0.25) is 0 Å². The van der Waals surface area contributed by atoms with Crippen LogP contribution in [0.5, 0.6) is 0 Å². The standard InChI is InChI=1S/C16H24N4/c1-3-20(4-2)11-5-9-18-15-8-10-19-16-12-13(17)6-7-14(15)16/h6-8,10,12H,3-5,9,11,17H2,1-2H3,(H,18,19). The van der Waals surface area contributed by atoms with Crippen molar-refractivity contribution < 1.29 is 0 Å². The molecular formula is C16H24N4. The zero-order valence-electron chi connectivity index (χ0n) is 12.4. The molecule has 2 aromatic rings. The van der Waals surface area contributed by atoms with Crippen molar-refractivity contribution in [1.82, 2.24) is 9.88 Å². The van der Waals surface area contributed by atoms with Crippen molar-refractivity contribution in [2.24, 2.45) is 0 Å². The highest BCUT2D eigenvalue weighted by Crippen LogP contribution is 2.23. The monoisotopic (exact) mass is 272 g/mol. The predicted octanol–water partition coefficient (Wildman–Crippen LogP) is 2.96. The maximum absolute atomic E-state index is 5.79. The van der Waals surface area contributed by atoms with E-state index >= 15 is 0 Å². The minimum absolute atomic E-state index is 0.753. The van der Waals surface area contributed by atoms with E-state index in [1.165, 1.54) is 0 Å². The van der Waals surface area contributed by atoms with Gasteiger partial charge in [-0.3, -0.25) is 4.98 Å². The number of nitrogens with zero attached hydrogens (tertiary/aromatic N) is 2. The second-order valence-corrected chi connectivity index (χ2v) is 4.94. The molecule has 0 atom stereocenters. The van der Waals surface area contributed by atoms with Crippen molar-refractivity contribution in [1.29, 1.82) is 0 Å². The summed E-state index contributed by atoms with van der Waals surface area (Å²) in [6, 6.07) is 7.89. The number of nitrogens with two attached hydrogens (primary N) is 1. The smallest absolute Gasteiger partial charge is 0.0743 e. The molecule has 108 valence electrons. The average Bonchev–Trinajstić information content (AvgIpc) is 2.47. The van der Waals surface area contributed by atoms with Gasteiger partial charge in [0.15, 0.2) is 0 Å². The zero-order chi connectivity index (χ0) is 14.4. The van der Waals surface area contributed by atoms with Crippen LogP contribution in [-0.2, 0) is 0 Å². The Morgan fingerprint density at radius 2 is 2.00 bits per heavy atom. The molecule has 0 spiro atoms. The lowest BCUT2D eigenvalue weighted by molar-refractivity contribution is 0.303. The summed E-state index contributed by atoms with van der Waals surface area (Å²) in [5.74, 6) is 0. The normalized spacial score (nSPS) is 11.2. The fourth-order valence-electron chi connectivity index (χ4n) is 2.38. The van der Waals surface area contributed by atoms with E-state index in [0.717, 1.165) is 54.9 Å². The van der Waals surface area contributed by atoms with Gasteiger partial charge in [-0.15, -0.1) is 0 Å². The van der Waals surface area contributed by atoms with Gasteiger partial charge in [-0.05, 0) is 50.3 Å². The van der Waals surface area contributed by atoms with Gasteiger partial charge < -0.3 is 16.0 Å². The van der Waals surface area contributed by atoms with E-state index in [1.807, 2.05) is 30.5 Å². The molecule has 0 fully saturated rings. The molecule has 1 aromatic heterocycles. The topological polar surface area (TPSA) is 54.2 Å². The number of rotatable bonds is 7. The molecule has 1 heterocycles. The Balaban J connectivity index is 1.96. The van der Waals surface area contributed by atoms with Crippen LogP contribution in [0.4, 0.5) is 11.4 Å². The number of nitrogens with one attached hydrogen (secondary N) is 1. The van der Waals surface area contributed by atoms with E-state index in [-0.39, 0.29) is 0 Å². The molecular weight excluding hydrogens is 248 g/mol. The summed E-state index contributed by atoms with van der Waals surface area (Å²) in [6.07, 6.45) is 2.97. The summed E-state index contributed by atoms with van der Waals surface area (Å²) in [5, 5.41) is 4.63. The second-order valence-electron chi connectivity index (χ2n) is 4.94. The summed E-state index contributed by atoms with van der Waals surface area (Å²) in [5.41, 5.74) is 8.62. The fraction of sp³-hybridized carbons (Fsp3) is 0.438. The largest absolute Gasteiger partial charge is 0.399 e. The van der Waals surface area contributed by atoms with Gasteiger partial charge in [0.05, 0.1) is 5.52 Å². The van der Waals surface area contributed by atoms with Crippen molar-refractivity contribution >= 4 is 22.3 Å². The minimum atomic E-state index is 0.753. The Bertz CT molecular complexity index is 549. The summed E-state index contributed by atoms with van der Waals surface area (Å²) < 4.78 is 0. The second kappa shape index (κ2) is 7.10. The van der Waals surface area contributed by atoms with Crippen LogP contribution in [0.25, 0.3) is 10.9 Å². The van der Waals surface area contributed by atoms with Crippen LogP contribution >= 0.6 is 0 Å². The van der Waals surface area contributed by atoms with Crippen molar-refractivity contribution in [3.8, 4) is 0 Å². The SMILES string of the molecule is CCN(CC)CCCNc1ccnc2cc(N)ccc12. The van der Waals surface area contributed by atoms with E-state index in [0.29, 0.717) is 0 Å². The molecule has 4 heteroatoms. The number of aromatic nitrogens is 1. The molecule has 3 N–H and O–H groups in total. The van der Waals surface area contributed by atoms with Gasteiger partial charge in [-0.1, -0.05) is 13.8 Å². The van der Waals surface area contributed by atoms with E-state index in [2.05, 4.69) is 29.0 Å². The first-order valence-corrected chi connectivity index (χ1v) is 7.35. The quantitative estimate of drug-likeness (QED) is 0.601. The maximum Gasteiger partial charge on any atom is 0.0743 e. The first kappa shape index (κ1) is 14.6. The highest BCUT2D eigenvalue weighted by atomic mass is 15.1. The minimum Gasteiger partial charge on any atom is -0.399 e. The molecule has 0 bridgehead atoms. The van der Waals surface area contributed by atoms with Gasteiger partial charge in [0.1, 0.15) is 0 Å². The first-order valence-electron chi connectivity index (χ1n) is 7.35. The fourth-order valence-corrected chi connectivity index (χ4v) is 2.38. The van der Waals surface area contributed by atoms with E-state index < -0.39 is 0 Å². The molecule has 1 aromatic carbocycles. The molecule has 0 saturated heterocycles. The molecule has 2 rings (SSSR count). The van der Waals surface area contributed by atoms with Crippen LogP contribution in [-0.4, -0.2) is 36.1 Å². The van der Waals surface area contributed by atoms with Gasteiger partial charge in [-0.2, -0.15) is 0 Å². The summed E-state index contributed by atoms with van der Waals surface area (Å²) >= 11 is 0. The van der Waals surface area contributed by atoms with Crippen molar-refractivity contribution in [2.45, 2.75) is 20.3 Å². The van der Waals surface area contributed by atoms with E-state index in [1.54, 1.807) is 0 Å². The molecule has 20 heavy (non-hydrogen) atoms. The Morgan fingerprint density at radius 1 is 1.20 bits per heavy atom. The molecule has 0 aliphatic rings. The maximum atomic E-state index is 5.79. The average molecular weight is 272 g/mol. The Morgan fingerprint density at radius 3 is 2.75 bits per heavy atom. The number of fused-ring (bicyclic) bond motifs is 1. The molecule has 0 radical (unpaired) electrons. The number of hydrogen-bond acceptors (Lipinski definition) is 4. The van der Waals surface area contributed by atoms with Crippen LogP contribution in [0.3, 0.4) is 0 Å².